The van der Waals surface area contributed by atoms with Crippen molar-refractivity contribution in [2.24, 2.45) is 0 Å². The van der Waals surface area contributed by atoms with Gasteiger partial charge in [0.25, 0.3) is 0 Å². The molecule has 0 saturated heterocycles. The van der Waals surface area contributed by atoms with Crippen molar-refractivity contribution in [1.29, 1.82) is 0 Å². The Balaban J connectivity index is 2.82. The van der Waals surface area contributed by atoms with Crippen molar-refractivity contribution in [1.82, 2.24) is 10.3 Å². The summed E-state index contributed by atoms with van der Waals surface area (Å²) in [6.45, 7) is 3.72. The van der Waals surface area contributed by atoms with Gasteiger partial charge in [0.15, 0.2) is 0 Å². The molecule has 1 aromatic heterocycles. The summed E-state index contributed by atoms with van der Waals surface area (Å²) in [5, 5.41) is 3.11. The maximum absolute atomic E-state index is 4.01. The number of aromatic nitrogens is 1. The van der Waals surface area contributed by atoms with Crippen molar-refractivity contribution in [2.45, 2.75) is 6.04 Å². The Bertz CT molecular complexity index is 218. The molecule has 1 heterocycles. The highest BCUT2D eigenvalue weighted by Gasteiger charge is 2.01. The zero-order valence-electron chi connectivity index (χ0n) is 6.62. The van der Waals surface area contributed by atoms with E-state index in [0.717, 1.165) is 5.56 Å². The lowest BCUT2D eigenvalue weighted by atomic mass is 10.1. The Morgan fingerprint density at radius 1 is 1.73 bits per heavy atom. The first kappa shape index (κ1) is 7.95. The average Bonchev–Trinajstić information content (AvgIpc) is 2.09. The summed E-state index contributed by atoms with van der Waals surface area (Å²) in [6.07, 6.45) is 5.46. The molecule has 0 saturated carbocycles. The molecule has 0 aromatic carbocycles. The minimum absolute atomic E-state index is 0.212. The second-order valence-electron chi connectivity index (χ2n) is 2.29. The lowest BCUT2D eigenvalue weighted by molar-refractivity contribution is 0.713. The van der Waals surface area contributed by atoms with Gasteiger partial charge in [0.05, 0.1) is 6.04 Å². The molecule has 1 aromatic rings. The molecule has 0 unspecified atom stereocenters. The van der Waals surface area contributed by atoms with Gasteiger partial charge in [0.1, 0.15) is 0 Å². The normalized spacial score (nSPS) is 12.5. The third-order valence-corrected chi connectivity index (χ3v) is 1.59. The van der Waals surface area contributed by atoms with E-state index in [1.807, 2.05) is 31.5 Å². The van der Waals surface area contributed by atoms with E-state index in [0.29, 0.717) is 0 Å². The highest BCUT2D eigenvalue weighted by molar-refractivity contribution is 5.17. The van der Waals surface area contributed by atoms with E-state index < -0.39 is 0 Å². The number of hydrogen-bond donors (Lipinski definition) is 1. The van der Waals surface area contributed by atoms with Gasteiger partial charge in [-0.25, -0.2) is 0 Å². The standard InChI is InChI=1S/C9H12N2/c1-3-9(10-2)8-5-4-6-11-7-8/h3-7,9-10H,1H2,2H3/t9-/m0/s1. The number of pyridine rings is 1. The van der Waals surface area contributed by atoms with E-state index >= 15 is 0 Å². The molecule has 2 nitrogen and oxygen atoms in total. The summed E-state index contributed by atoms with van der Waals surface area (Å²) in [5.41, 5.74) is 1.14. The second kappa shape index (κ2) is 3.88. The lowest BCUT2D eigenvalue weighted by Gasteiger charge is -2.09. The average molecular weight is 148 g/mol. The summed E-state index contributed by atoms with van der Waals surface area (Å²) in [6, 6.07) is 4.16. The van der Waals surface area contributed by atoms with Gasteiger partial charge in [-0.1, -0.05) is 12.1 Å². The number of rotatable bonds is 3. The summed E-state index contributed by atoms with van der Waals surface area (Å²) in [5.74, 6) is 0. The molecule has 1 N–H and O–H groups in total. The van der Waals surface area contributed by atoms with Crippen LogP contribution in [0, 0.1) is 0 Å². The summed E-state index contributed by atoms with van der Waals surface area (Å²) < 4.78 is 0. The zero-order chi connectivity index (χ0) is 8.10. The van der Waals surface area contributed by atoms with Crippen molar-refractivity contribution in [3.05, 3.63) is 42.7 Å². The molecule has 0 aliphatic carbocycles. The molecule has 0 aliphatic heterocycles. The van der Waals surface area contributed by atoms with Crippen molar-refractivity contribution >= 4 is 0 Å². The van der Waals surface area contributed by atoms with Crippen LogP contribution in [-0.4, -0.2) is 12.0 Å². The Hall–Kier alpha value is -1.15. The molecule has 0 bridgehead atoms. The fourth-order valence-electron chi connectivity index (χ4n) is 0.981. The SMILES string of the molecule is C=C[C@H](NC)c1cccnc1. The molecule has 0 fully saturated rings. The minimum atomic E-state index is 0.212. The third kappa shape index (κ3) is 1.88. The molecule has 11 heavy (non-hydrogen) atoms. The maximum atomic E-state index is 4.01. The number of nitrogens with one attached hydrogen (secondary N) is 1. The smallest absolute Gasteiger partial charge is 0.0516 e. The van der Waals surface area contributed by atoms with Crippen LogP contribution in [0.5, 0.6) is 0 Å². The maximum Gasteiger partial charge on any atom is 0.0516 e. The quantitative estimate of drug-likeness (QED) is 0.657. The zero-order valence-corrected chi connectivity index (χ0v) is 6.62. The van der Waals surface area contributed by atoms with E-state index in [2.05, 4.69) is 16.9 Å². The fourth-order valence-corrected chi connectivity index (χ4v) is 0.981. The molecule has 0 amide bonds. The fraction of sp³-hybridized carbons (Fsp3) is 0.222. The van der Waals surface area contributed by atoms with Gasteiger partial charge < -0.3 is 5.32 Å². The first-order chi connectivity index (χ1) is 5.38. The van der Waals surface area contributed by atoms with Crippen molar-refractivity contribution < 1.29 is 0 Å². The Labute approximate surface area is 67.0 Å². The molecular weight excluding hydrogens is 136 g/mol. The number of likely N-dealkylation sites (N-methyl/N-ethyl adjacent to an activating group) is 1. The molecule has 1 rings (SSSR count). The lowest BCUT2D eigenvalue weighted by Crippen LogP contribution is -2.13. The molecule has 58 valence electrons. The van der Waals surface area contributed by atoms with Crippen molar-refractivity contribution in [3.8, 4) is 0 Å². The van der Waals surface area contributed by atoms with Crippen LogP contribution < -0.4 is 5.32 Å². The van der Waals surface area contributed by atoms with Crippen LogP contribution >= 0.6 is 0 Å². The van der Waals surface area contributed by atoms with Crippen LogP contribution in [-0.2, 0) is 0 Å². The van der Waals surface area contributed by atoms with Crippen LogP contribution in [0.2, 0.25) is 0 Å². The summed E-state index contributed by atoms with van der Waals surface area (Å²) in [7, 11) is 1.90. The Kier molecular flexibility index (Phi) is 2.81. The number of nitrogens with zero attached hydrogens (tertiary/aromatic N) is 1. The van der Waals surface area contributed by atoms with Crippen LogP contribution in [0.1, 0.15) is 11.6 Å². The van der Waals surface area contributed by atoms with Crippen LogP contribution in [0.15, 0.2) is 37.2 Å². The van der Waals surface area contributed by atoms with Gasteiger partial charge in [-0.3, -0.25) is 4.98 Å². The molecule has 0 spiro atoms. The molecule has 2 heteroatoms. The van der Waals surface area contributed by atoms with Crippen LogP contribution in [0.3, 0.4) is 0 Å². The van der Waals surface area contributed by atoms with Gasteiger partial charge in [-0.15, -0.1) is 6.58 Å². The van der Waals surface area contributed by atoms with Crippen molar-refractivity contribution in [3.63, 3.8) is 0 Å². The van der Waals surface area contributed by atoms with E-state index in [-0.39, 0.29) is 6.04 Å². The predicted octanol–water partition coefficient (Wildman–Crippen LogP) is 1.53. The van der Waals surface area contributed by atoms with Crippen LogP contribution in [0.25, 0.3) is 0 Å². The third-order valence-electron chi connectivity index (χ3n) is 1.59. The van der Waals surface area contributed by atoms with E-state index in [9.17, 15) is 0 Å². The van der Waals surface area contributed by atoms with Gasteiger partial charge in [0.2, 0.25) is 0 Å². The molecule has 0 radical (unpaired) electrons. The minimum Gasteiger partial charge on any atom is -0.310 e. The van der Waals surface area contributed by atoms with E-state index in [1.165, 1.54) is 0 Å². The first-order valence-corrected chi connectivity index (χ1v) is 3.58. The van der Waals surface area contributed by atoms with Gasteiger partial charge in [-0.2, -0.15) is 0 Å². The monoisotopic (exact) mass is 148 g/mol. The molecule has 1 atom stereocenters. The second-order valence-corrected chi connectivity index (χ2v) is 2.29. The summed E-state index contributed by atoms with van der Waals surface area (Å²) in [4.78, 5) is 4.01. The van der Waals surface area contributed by atoms with E-state index in [1.54, 1.807) is 6.20 Å². The Morgan fingerprint density at radius 3 is 3.00 bits per heavy atom. The highest BCUT2D eigenvalue weighted by Crippen LogP contribution is 2.10. The largest absolute Gasteiger partial charge is 0.310 e. The first-order valence-electron chi connectivity index (χ1n) is 3.58. The molecule has 0 aliphatic rings. The van der Waals surface area contributed by atoms with E-state index in [4.69, 9.17) is 0 Å². The summed E-state index contributed by atoms with van der Waals surface area (Å²) >= 11 is 0. The topological polar surface area (TPSA) is 24.9 Å². The Morgan fingerprint density at radius 2 is 2.55 bits per heavy atom. The number of hydrogen-bond acceptors (Lipinski definition) is 2. The predicted molar refractivity (Wildman–Crippen MR) is 46.2 cm³/mol. The van der Waals surface area contributed by atoms with Gasteiger partial charge in [-0.05, 0) is 18.7 Å². The van der Waals surface area contributed by atoms with Gasteiger partial charge >= 0.3 is 0 Å². The van der Waals surface area contributed by atoms with Gasteiger partial charge in [0, 0.05) is 12.4 Å². The highest BCUT2D eigenvalue weighted by atomic mass is 14.9. The van der Waals surface area contributed by atoms with Crippen LogP contribution in [0.4, 0.5) is 0 Å². The van der Waals surface area contributed by atoms with Crippen molar-refractivity contribution in [2.75, 3.05) is 7.05 Å². The molecular formula is C9H12N2.